The van der Waals surface area contributed by atoms with Crippen molar-refractivity contribution in [3.8, 4) is 21.9 Å². The Morgan fingerprint density at radius 3 is 2.74 bits per heavy atom. The van der Waals surface area contributed by atoms with Crippen LogP contribution in [0.1, 0.15) is 25.3 Å². The van der Waals surface area contributed by atoms with Crippen LogP contribution in [0.15, 0.2) is 53.3 Å². The number of unbranched alkanes of at least 4 members (excludes halogenated alkanes) is 1. The van der Waals surface area contributed by atoms with E-state index < -0.39 is 0 Å². The first kappa shape index (κ1) is 17.7. The van der Waals surface area contributed by atoms with Gasteiger partial charge in [-0.15, -0.1) is 0 Å². The first-order valence-corrected chi connectivity index (χ1v) is 9.95. The second-order valence-electron chi connectivity index (χ2n) is 6.46. The number of rotatable bonds is 7. The summed E-state index contributed by atoms with van der Waals surface area (Å²) in [5, 5.41) is 3.37. The molecule has 140 valence electrons. The number of fused-ring (bicyclic) bond motifs is 1. The van der Waals surface area contributed by atoms with Crippen LogP contribution in [0.5, 0.6) is 11.5 Å². The molecule has 1 aliphatic rings. The Labute approximate surface area is 162 Å². The maximum absolute atomic E-state index is 12.9. The van der Waals surface area contributed by atoms with Gasteiger partial charge >= 0.3 is 0 Å². The van der Waals surface area contributed by atoms with Crippen molar-refractivity contribution in [3.63, 3.8) is 0 Å². The van der Waals surface area contributed by atoms with Crippen molar-refractivity contribution in [1.82, 2.24) is 3.96 Å². The molecule has 0 unspecified atom stereocenters. The van der Waals surface area contributed by atoms with Crippen LogP contribution in [-0.4, -0.2) is 10.7 Å². The van der Waals surface area contributed by atoms with Gasteiger partial charge in [0.15, 0.2) is 11.5 Å². The highest BCUT2D eigenvalue weighted by Gasteiger charge is 2.17. The molecule has 0 bridgehead atoms. The van der Waals surface area contributed by atoms with Gasteiger partial charge in [-0.1, -0.05) is 61.3 Å². The zero-order valence-corrected chi connectivity index (χ0v) is 16.1. The van der Waals surface area contributed by atoms with Crippen molar-refractivity contribution in [1.29, 1.82) is 0 Å². The maximum Gasteiger partial charge on any atom is 0.284 e. The van der Waals surface area contributed by atoms with E-state index in [1.165, 1.54) is 11.5 Å². The third-order valence-corrected chi connectivity index (χ3v) is 5.72. The molecule has 1 aromatic heterocycles. The Morgan fingerprint density at radius 1 is 1.11 bits per heavy atom. The molecule has 1 aliphatic heterocycles. The summed E-state index contributed by atoms with van der Waals surface area (Å²) in [5.41, 5.74) is 2.82. The summed E-state index contributed by atoms with van der Waals surface area (Å²) in [5.74, 6) is 1.52. The SMILES string of the molecule is CCCCn1sc(-c2ccccc2)c(NCc2ccc3c(c2)OCO3)c1=O. The zero-order chi connectivity index (χ0) is 18.6. The van der Waals surface area contributed by atoms with Crippen LogP contribution in [0.25, 0.3) is 10.4 Å². The minimum absolute atomic E-state index is 0.0491. The number of hydrogen-bond donors (Lipinski definition) is 1. The van der Waals surface area contributed by atoms with Crippen LogP contribution in [0, 0.1) is 0 Å². The molecule has 0 fully saturated rings. The number of benzene rings is 2. The molecule has 5 nitrogen and oxygen atoms in total. The van der Waals surface area contributed by atoms with Crippen molar-refractivity contribution in [2.45, 2.75) is 32.9 Å². The normalized spacial score (nSPS) is 12.3. The second kappa shape index (κ2) is 7.88. The van der Waals surface area contributed by atoms with Crippen LogP contribution in [0.2, 0.25) is 0 Å². The maximum atomic E-state index is 12.9. The topological polar surface area (TPSA) is 52.5 Å². The summed E-state index contributed by atoms with van der Waals surface area (Å²) >= 11 is 1.53. The highest BCUT2D eigenvalue weighted by molar-refractivity contribution is 7.10. The lowest BCUT2D eigenvalue weighted by Gasteiger charge is -2.07. The number of nitrogens with zero attached hydrogens (tertiary/aromatic N) is 1. The third kappa shape index (κ3) is 3.71. The lowest BCUT2D eigenvalue weighted by Crippen LogP contribution is -2.17. The van der Waals surface area contributed by atoms with E-state index >= 15 is 0 Å². The number of ether oxygens (including phenoxy) is 2. The van der Waals surface area contributed by atoms with E-state index in [1.54, 1.807) is 0 Å². The van der Waals surface area contributed by atoms with Crippen LogP contribution < -0.4 is 20.3 Å². The zero-order valence-electron chi connectivity index (χ0n) is 15.2. The summed E-state index contributed by atoms with van der Waals surface area (Å²) < 4.78 is 12.7. The van der Waals surface area contributed by atoms with Gasteiger partial charge in [0.2, 0.25) is 6.79 Å². The minimum atomic E-state index is 0.0491. The molecule has 0 amide bonds. The predicted molar refractivity (Wildman–Crippen MR) is 109 cm³/mol. The average molecular weight is 382 g/mol. The molecule has 2 heterocycles. The smallest absolute Gasteiger partial charge is 0.284 e. The molecule has 0 saturated carbocycles. The first-order chi connectivity index (χ1) is 13.3. The molecule has 0 saturated heterocycles. The van der Waals surface area contributed by atoms with Crippen LogP contribution in [-0.2, 0) is 13.1 Å². The summed E-state index contributed by atoms with van der Waals surface area (Å²) in [6.07, 6.45) is 2.06. The van der Waals surface area contributed by atoms with E-state index in [2.05, 4.69) is 12.2 Å². The van der Waals surface area contributed by atoms with E-state index in [0.717, 1.165) is 46.9 Å². The Hall–Kier alpha value is -2.73. The predicted octanol–water partition coefficient (Wildman–Crippen LogP) is 4.72. The van der Waals surface area contributed by atoms with E-state index in [9.17, 15) is 4.79 Å². The van der Waals surface area contributed by atoms with E-state index in [0.29, 0.717) is 12.2 Å². The van der Waals surface area contributed by atoms with Crippen molar-refractivity contribution >= 4 is 17.2 Å². The van der Waals surface area contributed by atoms with Gasteiger partial charge in [0, 0.05) is 13.1 Å². The largest absolute Gasteiger partial charge is 0.454 e. The van der Waals surface area contributed by atoms with E-state index in [-0.39, 0.29) is 12.4 Å². The third-order valence-electron chi connectivity index (χ3n) is 4.53. The van der Waals surface area contributed by atoms with Crippen LogP contribution in [0.3, 0.4) is 0 Å². The van der Waals surface area contributed by atoms with E-state index in [4.69, 9.17) is 9.47 Å². The highest BCUT2D eigenvalue weighted by atomic mass is 32.1. The number of hydrogen-bond acceptors (Lipinski definition) is 5. The second-order valence-corrected chi connectivity index (χ2v) is 7.50. The summed E-state index contributed by atoms with van der Waals surface area (Å²) in [7, 11) is 0. The van der Waals surface area contributed by atoms with Crippen LogP contribution in [0.4, 0.5) is 5.69 Å². The van der Waals surface area contributed by atoms with Gasteiger partial charge < -0.3 is 14.8 Å². The average Bonchev–Trinajstić information content (AvgIpc) is 3.29. The Balaban J connectivity index is 1.62. The molecule has 3 aromatic rings. The summed E-state index contributed by atoms with van der Waals surface area (Å²) in [6.45, 7) is 3.70. The fourth-order valence-corrected chi connectivity index (χ4v) is 4.16. The first-order valence-electron chi connectivity index (χ1n) is 9.18. The molecule has 0 atom stereocenters. The molecule has 1 N–H and O–H groups in total. The number of aryl methyl sites for hydroxylation is 1. The summed E-state index contributed by atoms with van der Waals surface area (Å²) in [4.78, 5) is 13.9. The molecule has 6 heteroatoms. The standard InChI is InChI=1S/C21H22N2O3S/c1-2-3-11-23-21(24)19(20(27-23)16-7-5-4-6-8-16)22-13-15-9-10-17-18(12-15)26-14-25-17/h4-10,12,22H,2-3,11,13-14H2,1H3. The molecule has 4 rings (SSSR count). The molecular formula is C21H22N2O3S. The van der Waals surface area contributed by atoms with Crippen molar-refractivity contribution in [2.75, 3.05) is 12.1 Å². The number of aromatic nitrogens is 1. The fourth-order valence-electron chi connectivity index (χ4n) is 3.05. The molecule has 27 heavy (non-hydrogen) atoms. The van der Waals surface area contributed by atoms with Crippen molar-refractivity contribution in [3.05, 3.63) is 64.4 Å². The molecule has 0 radical (unpaired) electrons. The number of nitrogens with one attached hydrogen (secondary N) is 1. The van der Waals surface area contributed by atoms with Crippen LogP contribution >= 0.6 is 11.5 Å². The quantitative estimate of drug-likeness (QED) is 0.642. The monoisotopic (exact) mass is 382 g/mol. The number of anilines is 1. The van der Waals surface area contributed by atoms with Gasteiger partial charge in [-0.2, -0.15) is 0 Å². The lowest BCUT2D eigenvalue weighted by atomic mass is 10.1. The van der Waals surface area contributed by atoms with Gasteiger partial charge in [0.05, 0.1) is 4.88 Å². The fraction of sp³-hybridized carbons (Fsp3) is 0.286. The van der Waals surface area contributed by atoms with Gasteiger partial charge in [-0.05, 0) is 29.7 Å². The van der Waals surface area contributed by atoms with Gasteiger partial charge in [0.25, 0.3) is 5.56 Å². The van der Waals surface area contributed by atoms with Gasteiger partial charge in [-0.25, -0.2) is 0 Å². The van der Waals surface area contributed by atoms with E-state index in [1.807, 2.05) is 52.5 Å². The summed E-state index contributed by atoms with van der Waals surface area (Å²) in [6, 6.07) is 15.9. The Morgan fingerprint density at radius 2 is 1.93 bits per heavy atom. The molecule has 0 spiro atoms. The molecule has 2 aromatic carbocycles. The highest BCUT2D eigenvalue weighted by Crippen LogP contribution is 2.34. The Bertz CT molecular complexity index is 979. The van der Waals surface area contributed by atoms with Crippen molar-refractivity contribution in [2.24, 2.45) is 0 Å². The Kier molecular flexibility index (Phi) is 5.16. The molecular weight excluding hydrogens is 360 g/mol. The lowest BCUT2D eigenvalue weighted by molar-refractivity contribution is 0.174. The minimum Gasteiger partial charge on any atom is -0.454 e. The molecule has 0 aliphatic carbocycles. The van der Waals surface area contributed by atoms with Gasteiger partial charge in [0.1, 0.15) is 5.69 Å². The van der Waals surface area contributed by atoms with Gasteiger partial charge in [-0.3, -0.25) is 8.75 Å². The van der Waals surface area contributed by atoms with Crippen molar-refractivity contribution < 1.29 is 9.47 Å².